The normalized spacial score (nSPS) is 21.4. The van der Waals surface area contributed by atoms with Crippen LogP contribution >= 0.6 is 0 Å². The number of aryl methyl sites for hydroxylation is 1. The molecule has 2 unspecified atom stereocenters. The molecule has 0 radical (unpaired) electrons. The molecule has 0 bridgehead atoms. The van der Waals surface area contributed by atoms with Gasteiger partial charge in [-0.05, 0) is 37.6 Å². The van der Waals surface area contributed by atoms with Gasteiger partial charge in [-0.15, -0.1) is 0 Å². The van der Waals surface area contributed by atoms with E-state index in [1.807, 2.05) is 54.2 Å². The molecule has 1 fully saturated rings. The molecule has 8 nitrogen and oxygen atoms in total. The first-order valence-corrected chi connectivity index (χ1v) is 9.03. The smallest absolute Gasteiger partial charge is 0.163 e. The second-order valence-corrected chi connectivity index (χ2v) is 6.64. The Labute approximate surface area is 156 Å². The summed E-state index contributed by atoms with van der Waals surface area (Å²) in [7, 11) is 0. The van der Waals surface area contributed by atoms with Crippen molar-refractivity contribution in [2.45, 2.75) is 25.4 Å². The number of hydrogen-bond acceptors (Lipinski definition) is 7. The second kappa shape index (κ2) is 6.64. The van der Waals surface area contributed by atoms with Crippen molar-refractivity contribution in [2.24, 2.45) is 0 Å². The molecule has 0 saturated carbocycles. The first-order valence-electron chi connectivity index (χ1n) is 9.03. The third-order valence-corrected chi connectivity index (χ3v) is 4.77. The zero-order valence-electron chi connectivity index (χ0n) is 14.9. The summed E-state index contributed by atoms with van der Waals surface area (Å²) in [6.07, 6.45) is 2.64. The molecule has 3 aromatic rings. The SMILES string of the molecule is Cc1nc(C2CC(c3ccccn3)NN2)n(-c2ccc3c(c2)OCCO3)n1. The van der Waals surface area contributed by atoms with Gasteiger partial charge >= 0.3 is 0 Å². The minimum atomic E-state index is 0.0198. The first-order chi connectivity index (χ1) is 13.3. The molecule has 0 aliphatic carbocycles. The topological polar surface area (TPSA) is 86.1 Å². The highest BCUT2D eigenvalue weighted by Gasteiger charge is 2.31. The fourth-order valence-electron chi connectivity index (χ4n) is 3.51. The number of rotatable bonds is 3. The molecular formula is C19H20N6O2. The number of nitrogens with one attached hydrogen (secondary N) is 2. The maximum absolute atomic E-state index is 5.71. The van der Waals surface area contributed by atoms with Crippen molar-refractivity contribution in [1.29, 1.82) is 0 Å². The predicted molar refractivity (Wildman–Crippen MR) is 97.7 cm³/mol. The van der Waals surface area contributed by atoms with Crippen molar-refractivity contribution in [1.82, 2.24) is 30.6 Å². The van der Waals surface area contributed by atoms with E-state index in [2.05, 4.69) is 25.9 Å². The zero-order valence-corrected chi connectivity index (χ0v) is 14.9. The van der Waals surface area contributed by atoms with Gasteiger partial charge in [0.2, 0.25) is 0 Å². The van der Waals surface area contributed by atoms with E-state index in [9.17, 15) is 0 Å². The van der Waals surface area contributed by atoms with Crippen LogP contribution in [-0.2, 0) is 0 Å². The molecule has 8 heteroatoms. The van der Waals surface area contributed by atoms with E-state index in [1.165, 1.54) is 0 Å². The zero-order chi connectivity index (χ0) is 18.2. The lowest BCUT2D eigenvalue weighted by Gasteiger charge is -2.19. The number of ether oxygens (including phenoxy) is 2. The average molecular weight is 364 g/mol. The van der Waals surface area contributed by atoms with E-state index < -0.39 is 0 Å². The van der Waals surface area contributed by atoms with Gasteiger partial charge in [-0.1, -0.05) is 6.07 Å². The van der Waals surface area contributed by atoms with Crippen LogP contribution < -0.4 is 20.3 Å². The van der Waals surface area contributed by atoms with Gasteiger partial charge in [0.05, 0.1) is 23.5 Å². The van der Waals surface area contributed by atoms with Crippen LogP contribution in [0.4, 0.5) is 0 Å². The van der Waals surface area contributed by atoms with Crippen LogP contribution in [0.5, 0.6) is 11.5 Å². The summed E-state index contributed by atoms with van der Waals surface area (Å²) in [6, 6.07) is 11.9. The summed E-state index contributed by atoms with van der Waals surface area (Å²) < 4.78 is 13.2. The van der Waals surface area contributed by atoms with Crippen LogP contribution in [0.1, 0.15) is 35.8 Å². The summed E-state index contributed by atoms with van der Waals surface area (Å²) >= 11 is 0. The van der Waals surface area contributed by atoms with Crippen LogP contribution in [-0.4, -0.2) is 33.0 Å². The van der Waals surface area contributed by atoms with Gasteiger partial charge in [-0.25, -0.2) is 20.5 Å². The lowest BCUT2D eigenvalue weighted by atomic mass is 10.1. The van der Waals surface area contributed by atoms with Crippen molar-refractivity contribution in [3.63, 3.8) is 0 Å². The van der Waals surface area contributed by atoms with Gasteiger partial charge in [0, 0.05) is 12.3 Å². The van der Waals surface area contributed by atoms with Crippen molar-refractivity contribution in [2.75, 3.05) is 13.2 Å². The van der Waals surface area contributed by atoms with E-state index in [1.54, 1.807) is 0 Å². The molecule has 1 aromatic carbocycles. The van der Waals surface area contributed by atoms with E-state index in [-0.39, 0.29) is 12.1 Å². The fourth-order valence-corrected chi connectivity index (χ4v) is 3.51. The summed E-state index contributed by atoms with van der Waals surface area (Å²) in [6.45, 7) is 3.03. The largest absolute Gasteiger partial charge is 0.486 e. The maximum atomic E-state index is 5.71. The number of nitrogens with zero attached hydrogens (tertiary/aromatic N) is 4. The molecule has 0 spiro atoms. The van der Waals surface area contributed by atoms with Gasteiger partial charge in [0.15, 0.2) is 17.3 Å². The van der Waals surface area contributed by atoms with E-state index in [0.29, 0.717) is 13.2 Å². The lowest BCUT2D eigenvalue weighted by molar-refractivity contribution is 0.171. The molecule has 0 amide bonds. The van der Waals surface area contributed by atoms with Crippen LogP contribution in [0.3, 0.4) is 0 Å². The van der Waals surface area contributed by atoms with E-state index >= 15 is 0 Å². The quantitative estimate of drug-likeness (QED) is 0.735. The molecular weight excluding hydrogens is 344 g/mol. The summed E-state index contributed by atoms with van der Waals surface area (Å²) in [5, 5.41) is 4.60. The molecule has 2 aliphatic rings. The lowest BCUT2D eigenvalue weighted by Crippen LogP contribution is -2.28. The molecule has 4 heterocycles. The second-order valence-electron chi connectivity index (χ2n) is 6.64. The van der Waals surface area contributed by atoms with Crippen LogP contribution in [0.2, 0.25) is 0 Å². The van der Waals surface area contributed by atoms with E-state index in [0.717, 1.165) is 40.9 Å². The van der Waals surface area contributed by atoms with Crippen LogP contribution in [0, 0.1) is 6.92 Å². The molecule has 2 N–H and O–H groups in total. The Balaban J connectivity index is 1.45. The number of pyridine rings is 1. The number of fused-ring (bicyclic) bond motifs is 1. The standard InChI is InChI=1S/C19H20N6O2/c1-12-21-19(16-11-15(22-23-16)14-4-2-3-7-20-14)25(24-12)13-5-6-17-18(10-13)27-9-8-26-17/h2-7,10,15-16,22-23H,8-9,11H2,1H3. The average Bonchev–Trinajstić information content (AvgIpc) is 3.35. The minimum absolute atomic E-state index is 0.0198. The highest BCUT2D eigenvalue weighted by atomic mass is 16.6. The van der Waals surface area contributed by atoms with Gasteiger partial charge in [-0.3, -0.25) is 4.98 Å². The molecule has 138 valence electrons. The monoisotopic (exact) mass is 364 g/mol. The van der Waals surface area contributed by atoms with Crippen LogP contribution in [0.25, 0.3) is 5.69 Å². The van der Waals surface area contributed by atoms with Gasteiger partial charge in [0.1, 0.15) is 19.0 Å². The molecule has 27 heavy (non-hydrogen) atoms. The van der Waals surface area contributed by atoms with E-state index in [4.69, 9.17) is 9.47 Å². The number of hydrazine groups is 1. The van der Waals surface area contributed by atoms with Crippen molar-refractivity contribution in [3.05, 3.63) is 59.9 Å². The maximum Gasteiger partial charge on any atom is 0.163 e. The minimum Gasteiger partial charge on any atom is -0.486 e. The van der Waals surface area contributed by atoms with Crippen LogP contribution in [0.15, 0.2) is 42.6 Å². The van der Waals surface area contributed by atoms with Gasteiger partial charge in [0.25, 0.3) is 0 Å². The molecule has 5 rings (SSSR count). The Morgan fingerprint density at radius 2 is 1.89 bits per heavy atom. The van der Waals surface area contributed by atoms with Gasteiger partial charge in [-0.2, -0.15) is 5.10 Å². The van der Waals surface area contributed by atoms with Crippen molar-refractivity contribution >= 4 is 0 Å². The Morgan fingerprint density at radius 1 is 1.04 bits per heavy atom. The summed E-state index contributed by atoms with van der Waals surface area (Å²) in [5.74, 6) is 3.08. The highest BCUT2D eigenvalue weighted by molar-refractivity contribution is 5.49. The summed E-state index contributed by atoms with van der Waals surface area (Å²) in [4.78, 5) is 9.11. The Bertz CT molecular complexity index is 958. The van der Waals surface area contributed by atoms with Crippen molar-refractivity contribution < 1.29 is 9.47 Å². The fraction of sp³-hybridized carbons (Fsp3) is 0.316. The Morgan fingerprint density at radius 3 is 2.74 bits per heavy atom. The Hall–Kier alpha value is -2.97. The molecule has 2 aromatic heterocycles. The number of benzene rings is 1. The molecule has 2 atom stereocenters. The number of aromatic nitrogens is 4. The summed E-state index contributed by atoms with van der Waals surface area (Å²) in [5.41, 5.74) is 8.57. The Kier molecular flexibility index (Phi) is 3.99. The first kappa shape index (κ1) is 16.2. The number of hydrogen-bond donors (Lipinski definition) is 2. The third kappa shape index (κ3) is 3.02. The van der Waals surface area contributed by atoms with Gasteiger partial charge < -0.3 is 9.47 Å². The molecule has 1 saturated heterocycles. The molecule has 2 aliphatic heterocycles. The predicted octanol–water partition coefficient (Wildman–Crippen LogP) is 2.02. The van der Waals surface area contributed by atoms with Crippen molar-refractivity contribution in [3.8, 4) is 17.2 Å². The third-order valence-electron chi connectivity index (χ3n) is 4.77. The highest BCUT2D eigenvalue weighted by Crippen LogP contribution is 2.34.